The Balaban J connectivity index is 1.50. The van der Waals surface area contributed by atoms with Crippen molar-refractivity contribution in [3.63, 3.8) is 0 Å². The van der Waals surface area contributed by atoms with Gasteiger partial charge < -0.3 is 9.64 Å². The molecular weight excluding hydrogens is 514 g/mol. The third-order valence-corrected chi connectivity index (χ3v) is 7.78. The highest BCUT2D eigenvalue weighted by Gasteiger charge is 2.42. The molecule has 2 heterocycles. The van der Waals surface area contributed by atoms with Gasteiger partial charge >= 0.3 is 12.1 Å². The number of carbonyl (C=O) groups excluding carboxylic acids is 2. The standard InChI is InChI=1S/C26H30ClF4N3O3/c1-3-37-25(36)17-6-4-16(5-7-17)15(2)24(35)33-11-10-20-22(14-33)34(32-23(20)26(29,30)31)13-18-8-9-19(27)12-21(18)28/h8-9,12,15-17H,3-7,10-11,13-14H2,1-2H3. The van der Waals surface area contributed by atoms with Crippen LogP contribution in [0.2, 0.25) is 5.02 Å². The molecule has 1 atom stereocenters. The number of carbonyl (C=O) groups is 2. The summed E-state index contributed by atoms with van der Waals surface area (Å²) >= 11 is 5.81. The second-order valence-electron chi connectivity index (χ2n) is 9.83. The molecule has 4 rings (SSSR count). The van der Waals surface area contributed by atoms with Crippen molar-refractivity contribution in [2.24, 2.45) is 17.8 Å². The van der Waals surface area contributed by atoms with E-state index in [2.05, 4.69) is 5.10 Å². The van der Waals surface area contributed by atoms with E-state index < -0.39 is 17.7 Å². The summed E-state index contributed by atoms with van der Waals surface area (Å²) in [5.41, 5.74) is -0.527. The van der Waals surface area contributed by atoms with Crippen LogP contribution in [-0.2, 0) is 40.0 Å². The second-order valence-corrected chi connectivity index (χ2v) is 10.3. The molecule has 0 N–H and O–H groups in total. The van der Waals surface area contributed by atoms with Crippen molar-refractivity contribution in [2.75, 3.05) is 13.2 Å². The summed E-state index contributed by atoms with van der Waals surface area (Å²) in [4.78, 5) is 27.0. The number of rotatable bonds is 6. The van der Waals surface area contributed by atoms with Crippen molar-refractivity contribution >= 4 is 23.5 Å². The molecule has 0 radical (unpaired) electrons. The van der Waals surface area contributed by atoms with Gasteiger partial charge in [0.15, 0.2) is 5.69 Å². The van der Waals surface area contributed by atoms with Crippen molar-refractivity contribution in [1.82, 2.24) is 14.7 Å². The molecular formula is C26H30ClF4N3O3. The van der Waals surface area contributed by atoms with Crippen LogP contribution in [0.3, 0.4) is 0 Å². The van der Waals surface area contributed by atoms with Crippen molar-refractivity contribution in [3.05, 3.63) is 51.6 Å². The largest absolute Gasteiger partial charge is 0.466 e. The number of alkyl halides is 3. The van der Waals surface area contributed by atoms with E-state index in [4.69, 9.17) is 16.3 Å². The number of amides is 1. The average Bonchev–Trinajstić information content (AvgIpc) is 3.23. The van der Waals surface area contributed by atoms with Crippen LogP contribution in [0, 0.1) is 23.6 Å². The van der Waals surface area contributed by atoms with E-state index >= 15 is 0 Å². The molecule has 1 aliphatic heterocycles. The molecule has 1 unspecified atom stereocenters. The number of fused-ring (bicyclic) bond motifs is 1. The first-order valence-corrected chi connectivity index (χ1v) is 12.9. The van der Waals surface area contributed by atoms with Crippen molar-refractivity contribution < 1.29 is 31.9 Å². The van der Waals surface area contributed by atoms with Gasteiger partial charge in [-0.05, 0) is 57.1 Å². The predicted octanol–water partition coefficient (Wildman–Crippen LogP) is 5.63. The first-order valence-electron chi connectivity index (χ1n) is 12.5. The molecule has 0 spiro atoms. The Bertz CT molecular complexity index is 1160. The van der Waals surface area contributed by atoms with E-state index in [-0.39, 0.29) is 77.5 Å². The Kier molecular flexibility index (Phi) is 8.16. The Labute approximate surface area is 217 Å². The predicted molar refractivity (Wildman–Crippen MR) is 128 cm³/mol. The van der Waals surface area contributed by atoms with Gasteiger partial charge in [0.25, 0.3) is 0 Å². The summed E-state index contributed by atoms with van der Waals surface area (Å²) in [6, 6.07) is 3.99. The van der Waals surface area contributed by atoms with Crippen LogP contribution >= 0.6 is 11.6 Å². The maximum absolute atomic E-state index is 14.4. The Morgan fingerprint density at radius 2 is 1.92 bits per heavy atom. The topological polar surface area (TPSA) is 64.4 Å². The van der Waals surface area contributed by atoms with Gasteiger partial charge in [-0.15, -0.1) is 0 Å². The summed E-state index contributed by atoms with van der Waals surface area (Å²) in [5.74, 6) is -1.38. The van der Waals surface area contributed by atoms with E-state index in [1.807, 2.05) is 6.92 Å². The second kappa shape index (κ2) is 11.0. The number of hydrogen-bond donors (Lipinski definition) is 0. The van der Waals surface area contributed by atoms with Crippen LogP contribution in [-0.4, -0.2) is 39.7 Å². The monoisotopic (exact) mass is 543 g/mol. The summed E-state index contributed by atoms with van der Waals surface area (Å²) in [5, 5.41) is 3.98. The van der Waals surface area contributed by atoms with Crippen LogP contribution in [0.1, 0.15) is 62.0 Å². The summed E-state index contributed by atoms with van der Waals surface area (Å²) in [6.07, 6.45) is -1.92. The third-order valence-electron chi connectivity index (χ3n) is 7.54. The minimum atomic E-state index is -4.66. The molecule has 1 aliphatic carbocycles. The fourth-order valence-corrected chi connectivity index (χ4v) is 5.60. The lowest BCUT2D eigenvalue weighted by Crippen LogP contribution is -2.42. The van der Waals surface area contributed by atoms with Crippen LogP contribution in [0.4, 0.5) is 17.6 Å². The average molecular weight is 544 g/mol. The first-order chi connectivity index (χ1) is 17.5. The summed E-state index contributed by atoms with van der Waals surface area (Å²) in [6.45, 7) is 3.85. The quantitative estimate of drug-likeness (QED) is 0.350. The summed E-state index contributed by atoms with van der Waals surface area (Å²) < 4.78 is 61.9. The normalized spacial score (nSPS) is 20.9. The SMILES string of the molecule is CCOC(=O)C1CCC(C(C)C(=O)N2CCc3c(C(F)(F)F)nn(Cc4ccc(Cl)cc4F)c3C2)CC1. The smallest absolute Gasteiger partial charge is 0.435 e. The van der Waals surface area contributed by atoms with Crippen LogP contribution in [0.5, 0.6) is 0 Å². The zero-order valence-electron chi connectivity index (χ0n) is 20.8. The highest BCUT2D eigenvalue weighted by molar-refractivity contribution is 6.30. The molecule has 1 fully saturated rings. The number of halogens is 5. The summed E-state index contributed by atoms with van der Waals surface area (Å²) in [7, 11) is 0. The highest BCUT2D eigenvalue weighted by atomic mass is 35.5. The molecule has 1 saturated carbocycles. The number of aromatic nitrogens is 2. The lowest BCUT2D eigenvalue weighted by atomic mass is 9.76. The molecule has 2 aromatic rings. The van der Waals surface area contributed by atoms with Gasteiger partial charge in [0.2, 0.25) is 5.91 Å². The van der Waals surface area contributed by atoms with E-state index in [9.17, 15) is 27.2 Å². The van der Waals surface area contributed by atoms with Gasteiger partial charge in [0, 0.05) is 28.6 Å². The molecule has 202 valence electrons. The first kappa shape index (κ1) is 27.4. The maximum atomic E-state index is 14.4. The minimum absolute atomic E-state index is 0.0152. The van der Waals surface area contributed by atoms with Gasteiger partial charge in [-0.2, -0.15) is 18.3 Å². The Morgan fingerprint density at radius 3 is 2.54 bits per heavy atom. The Hall–Kier alpha value is -2.62. The zero-order valence-corrected chi connectivity index (χ0v) is 21.5. The third kappa shape index (κ3) is 5.94. The molecule has 6 nitrogen and oxygen atoms in total. The van der Waals surface area contributed by atoms with Crippen LogP contribution < -0.4 is 0 Å². The lowest BCUT2D eigenvalue weighted by molar-refractivity contribution is -0.149. The fraction of sp³-hybridized carbons (Fsp3) is 0.577. The molecule has 37 heavy (non-hydrogen) atoms. The zero-order chi connectivity index (χ0) is 26.9. The number of benzene rings is 1. The maximum Gasteiger partial charge on any atom is 0.435 e. The fourth-order valence-electron chi connectivity index (χ4n) is 5.44. The Morgan fingerprint density at radius 1 is 1.22 bits per heavy atom. The molecule has 1 amide bonds. The van der Waals surface area contributed by atoms with Crippen LogP contribution in [0.25, 0.3) is 0 Å². The molecule has 11 heteroatoms. The van der Waals surface area contributed by atoms with E-state index in [1.165, 1.54) is 12.1 Å². The van der Waals surface area contributed by atoms with Gasteiger partial charge in [-0.25, -0.2) is 4.39 Å². The number of hydrogen-bond acceptors (Lipinski definition) is 4. The highest BCUT2D eigenvalue weighted by Crippen LogP contribution is 2.38. The molecule has 0 bridgehead atoms. The van der Waals surface area contributed by atoms with Gasteiger partial charge in [-0.3, -0.25) is 14.3 Å². The van der Waals surface area contributed by atoms with E-state index in [1.54, 1.807) is 11.8 Å². The van der Waals surface area contributed by atoms with Crippen molar-refractivity contribution in [3.8, 4) is 0 Å². The van der Waals surface area contributed by atoms with Gasteiger partial charge in [-0.1, -0.05) is 24.6 Å². The number of esters is 1. The van der Waals surface area contributed by atoms with Crippen molar-refractivity contribution in [2.45, 2.75) is 65.2 Å². The molecule has 0 saturated heterocycles. The van der Waals surface area contributed by atoms with Gasteiger partial charge in [0.1, 0.15) is 5.82 Å². The van der Waals surface area contributed by atoms with Crippen LogP contribution in [0.15, 0.2) is 18.2 Å². The molecule has 2 aliphatic rings. The number of nitrogens with zero attached hydrogens (tertiary/aromatic N) is 3. The van der Waals surface area contributed by atoms with E-state index in [0.29, 0.717) is 32.3 Å². The molecule has 1 aromatic heterocycles. The number of ether oxygens (including phenoxy) is 1. The molecule has 1 aromatic carbocycles. The lowest BCUT2D eigenvalue weighted by Gasteiger charge is -2.35. The minimum Gasteiger partial charge on any atom is -0.466 e. The van der Waals surface area contributed by atoms with Crippen molar-refractivity contribution in [1.29, 1.82) is 0 Å². The van der Waals surface area contributed by atoms with E-state index in [0.717, 1.165) is 10.7 Å². The van der Waals surface area contributed by atoms with Gasteiger partial charge in [0.05, 0.1) is 31.3 Å².